The summed E-state index contributed by atoms with van der Waals surface area (Å²) in [6, 6.07) is 8.78. The highest BCUT2D eigenvalue weighted by atomic mass is 15.1. The van der Waals surface area contributed by atoms with Gasteiger partial charge >= 0.3 is 0 Å². The van der Waals surface area contributed by atoms with Crippen molar-refractivity contribution in [1.82, 2.24) is 5.32 Å². The Morgan fingerprint density at radius 3 is 2.39 bits per heavy atom. The molecule has 0 aliphatic heterocycles. The van der Waals surface area contributed by atoms with Crippen LogP contribution >= 0.6 is 0 Å². The van der Waals surface area contributed by atoms with Gasteiger partial charge < -0.3 is 10.2 Å². The average molecular weight is 245 g/mol. The Morgan fingerprint density at radius 1 is 1.28 bits per heavy atom. The lowest BCUT2D eigenvalue weighted by Gasteiger charge is -2.22. The second-order valence-electron chi connectivity index (χ2n) is 4.80. The molecule has 98 valence electrons. The van der Waals surface area contributed by atoms with E-state index in [0.717, 1.165) is 19.5 Å². The van der Waals surface area contributed by atoms with Gasteiger partial charge in [0, 0.05) is 19.3 Å². The van der Waals surface area contributed by atoms with Crippen LogP contribution < -0.4 is 10.2 Å². The normalized spacial score (nSPS) is 11.9. The first-order valence-corrected chi connectivity index (χ1v) is 6.49. The van der Waals surface area contributed by atoms with Crippen LogP contribution in [0.5, 0.6) is 0 Å². The van der Waals surface area contributed by atoms with Crippen LogP contribution in [0.2, 0.25) is 0 Å². The monoisotopic (exact) mass is 245 g/mol. The predicted molar refractivity (Wildman–Crippen MR) is 76.9 cm³/mol. The molecule has 1 aromatic rings. The van der Waals surface area contributed by atoms with E-state index in [1.807, 2.05) is 6.92 Å². The molecule has 0 aliphatic rings. The largest absolute Gasteiger partial charge is 0.374 e. The van der Waals surface area contributed by atoms with Crippen LogP contribution in [-0.2, 0) is 0 Å². The molecule has 0 aromatic heterocycles. The second kappa shape index (κ2) is 7.03. The van der Waals surface area contributed by atoms with E-state index >= 15 is 0 Å². The number of hydrogen-bond donors (Lipinski definition) is 1. The van der Waals surface area contributed by atoms with Crippen molar-refractivity contribution in [1.29, 1.82) is 5.26 Å². The van der Waals surface area contributed by atoms with Gasteiger partial charge in [0.2, 0.25) is 0 Å². The molecule has 0 fully saturated rings. The molecule has 0 radical (unpaired) electrons. The van der Waals surface area contributed by atoms with Crippen LogP contribution in [0.1, 0.15) is 24.5 Å². The molecular formula is C15H23N3. The van der Waals surface area contributed by atoms with Gasteiger partial charge in [-0.2, -0.15) is 5.26 Å². The van der Waals surface area contributed by atoms with Gasteiger partial charge in [-0.15, -0.1) is 0 Å². The molecule has 0 heterocycles. The van der Waals surface area contributed by atoms with E-state index in [-0.39, 0.29) is 6.04 Å². The Bertz CT molecular complexity index is 400. The zero-order valence-electron chi connectivity index (χ0n) is 11.8. The fraction of sp³-hybridized carbons (Fsp3) is 0.533. The van der Waals surface area contributed by atoms with Crippen molar-refractivity contribution in [2.75, 3.05) is 25.0 Å². The van der Waals surface area contributed by atoms with Crippen molar-refractivity contribution in [3.05, 3.63) is 29.3 Å². The van der Waals surface area contributed by atoms with Gasteiger partial charge in [-0.25, -0.2) is 0 Å². The summed E-state index contributed by atoms with van der Waals surface area (Å²) in [5, 5.41) is 12.2. The summed E-state index contributed by atoms with van der Waals surface area (Å²) in [6.07, 6.45) is 0.841. The Kier molecular flexibility index (Phi) is 5.67. The number of nitrogens with zero attached hydrogens (tertiary/aromatic N) is 2. The molecule has 0 saturated carbocycles. The first-order chi connectivity index (χ1) is 8.56. The maximum Gasteiger partial charge on any atom is 0.0969 e. The number of rotatable bonds is 6. The number of benzene rings is 1. The maximum atomic E-state index is 9.00. The van der Waals surface area contributed by atoms with E-state index in [1.54, 1.807) is 0 Å². The molecule has 0 spiro atoms. The Balaban J connectivity index is 2.59. The molecule has 18 heavy (non-hydrogen) atoms. The van der Waals surface area contributed by atoms with Crippen LogP contribution in [-0.4, -0.2) is 26.2 Å². The van der Waals surface area contributed by atoms with E-state index in [4.69, 9.17) is 5.26 Å². The van der Waals surface area contributed by atoms with Crippen LogP contribution in [0.25, 0.3) is 0 Å². The van der Waals surface area contributed by atoms with E-state index in [1.165, 1.54) is 16.8 Å². The zero-order valence-corrected chi connectivity index (χ0v) is 11.8. The molecule has 1 atom stereocenters. The summed E-state index contributed by atoms with van der Waals surface area (Å²) < 4.78 is 0. The van der Waals surface area contributed by atoms with Gasteiger partial charge in [-0.05, 0) is 50.1 Å². The van der Waals surface area contributed by atoms with Gasteiger partial charge in [0.05, 0.1) is 12.1 Å². The molecule has 0 bridgehead atoms. The summed E-state index contributed by atoms with van der Waals surface area (Å²) >= 11 is 0. The Morgan fingerprint density at radius 2 is 1.89 bits per heavy atom. The summed E-state index contributed by atoms with van der Waals surface area (Å²) in [6.45, 7) is 7.97. The first-order valence-electron chi connectivity index (χ1n) is 6.49. The lowest BCUT2D eigenvalue weighted by atomic mass is 10.1. The van der Waals surface area contributed by atoms with Gasteiger partial charge in [-0.1, -0.05) is 13.0 Å². The molecule has 1 unspecified atom stereocenters. The number of hydrogen-bond acceptors (Lipinski definition) is 3. The average Bonchev–Trinajstić information content (AvgIpc) is 2.32. The first kappa shape index (κ1) is 14.5. The molecular weight excluding hydrogens is 222 g/mol. The van der Waals surface area contributed by atoms with Crippen LogP contribution in [0.15, 0.2) is 18.2 Å². The highest BCUT2D eigenvalue weighted by molar-refractivity contribution is 5.50. The van der Waals surface area contributed by atoms with Crippen molar-refractivity contribution >= 4 is 5.69 Å². The fourth-order valence-electron chi connectivity index (χ4n) is 2.08. The smallest absolute Gasteiger partial charge is 0.0969 e. The molecule has 3 heteroatoms. The highest BCUT2D eigenvalue weighted by Crippen LogP contribution is 2.17. The van der Waals surface area contributed by atoms with Crippen LogP contribution in [0, 0.1) is 25.2 Å². The highest BCUT2D eigenvalue weighted by Gasteiger charge is 2.08. The zero-order chi connectivity index (χ0) is 13.5. The van der Waals surface area contributed by atoms with Crippen molar-refractivity contribution in [2.24, 2.45) is 0 Å². The number of aryl methyl sites for hydroxylation is 2. The maximum absolute atomic E-state index is 9.00. The van der Waals surface area contributed by atoms with E-state index in [0.29, 0.717) is 0 Å². The Hall–Kier alpha value is -1.53. The molecule has 0 aliphatic carbocycles. The minimum atomic E-state index is -0.0524. The third kappa shape index (κ3) is 4.38. The lowest BCUT2D eigenvalue weighted by Crippen LogP contribution is -2.31. The lowest BCUT2D eigenvalue weighted by molar-refractivity contribution is 0.582. The number of nitrogens with one attached hydrogen (secondary N) is 1. The molecule has 0 saturated heterocycles. The summed E-state index contributed by atoms with van der Waals surface area (Å²) in [4.78, 5) is 2.21. The SMILES string of the molecule is CCNC(C#N)CCN(C)c1cc(C)cc(C)c1. The molecule has 1 N–H and O–H groups in total. The summed E-state index contributed by atoms with van der Waals surface area (Å²) in [5.41, 5.74) is 3.78. The van der Waals surface area contributed by atoms with Crippen molar-refractivity contribution in [3.8, 4) is 6.07 Å². The van der Waals surface area contributed by atoms with E-state index in [9.17, 15) is 0 Å². The summed E-state index contributed by atoms with van der Waals surface area (Å²) in [5.74, 6) is 0. The van der Waals surface area contributed by atoms with Crippen molar-refractivity contribution in [3.63, 3.8) is 0 Å². The van der Waals surface area contributed by atoms with Crippen LogP contribution in [0.3, 0.4) is 0 Å². The number of nitriles is 1. The molecule has 0 amide bonds. The van der Waals surface area contributed by atoms with Crippen molar-refractivity contribution < 1.29 is 0 Å². The van der Waals surface area contributed by atoms with E-state index < -0.39 is 0 Å². The topological polar surface area (TPSA) is 39.1 Å². The standard InChI is InChI=1S/C15H23N3/c1-5-17-14(11-16)6-7-18(4)15-9-12(2)8-13(3)10-15/h8-10,14,17H,5-7H2,1-4H3. The van der Waals surface area contributed by atoms with Gasteiger partial charge in [-0.3, -0.25) is 0 Å². The van der Waals surface area contributed by atoms with Gasteiger partial charge in [0.25, 0.3) is 0 Å². The fourth-order valence-corrected chi connectivity index (χ4v) is 2.08. The molecule has 1 rings (SSSR count). The molecule has 3 nitrogen and oxygen atoms in total. The van der Waals surface area contributed by atoms with E-state index in [2.05, 4.69) is 55.4 Å². The minimum absolute atomic E-state index is 0.0524. The third-order valence-corrected chi connectivity index (χ3v) is 3.01. The van der Waals surface area contributed by atoms with Gasteiger partial charge in [0.1, 0.15) is 0 Å². The van der Waals surface area contributed by atoms with Crippen LogP contribution in [0.4, 0.5) is 5.69 Å². The minimum Gasteiger partial charge on any atom is -0.374 e. The second-order valence-corrected chi connectivity index (χ2v) is 4.80. The third-order valence-electron chi connectivity index (χ3n) is 3.01. The Labute approximate surface area is 110 Å². The number of anilines is 1. The summed E-state index contributed by atoms with van der Waals surface area (Å²) in [7, 11) is 2.08. The van der Waals surface area contributed by atoms with Crippen molar-refractivity contribution in [2.45, 2.75) is 33.2 Å². The predicted octanol–water partition coefficient (Wildman–Crippen LogP) is 2.63. The quantitative estimate of drug-likeness (QED) is 0.837. The molecule has 1 aromatic carbocycles. The van der Waals surface area contributed by atoms with Gasteiger partial charge in [0.15, 0.2) is 0 Å².